The summed E-state index contributed by atoms with van der Waals surface area (Å²) < 4.78 is 16.7. The summed E-state index contributed by atoms with van der Waals surface area (Å²) in [6, 6.07) is 29.7. The van der Waals surface area contributed by atoms with E-state index < -0.39 is 35.5 Å². The van der Waals surface area contributed by atoms with Gasteiger partial charge in [-0.3, -0.25) is 19.4 Å². The normalized spacial score (nSPS) is 19.8. The van der Waals surface area contributed by atoms with Gasteiger partial charge < -0.3 is 35.1 Å². The molecule has 0 radical (unpaired) electrons. The molecule has 0 bridgehead atoms. The van der Waals surface area contributed by atoms with Gasteiger partial charge in [0, 0.05) is 31.0 Å². The molecule has 3 heterocycles. The average Bonchev–Trinajstić information content (AvgIpc) is 4.06. The lowest BCUT2D eigenvalue weighted by Crippen LogP contribution is -2.45. The molecule has 0 saturated carbocycles. The van der Waals surface area contributed by atoms with Crippen LogP contribution in [0.3, 0.4) is 0 Å². The number of likely N-dealkylation sites (tertiary alicyclic amines) is 2. The molecule has 67 heavy (non-hydrogen) atoms. The van der Waals surface area contributed by atoms with Crippen LogP contribution < -0.4 is 25.6 Å². The van der Waals surface area contributed by atoms with E-state index in [1.54, 1.807) is 12.0 Å². The number of benzene rings is 4. The van der Waals surface area contributed by atoms with Gasteiger partial charge in [0.1, 0.15) is 29.0 Å². The molecule has 0 aliphatic carbocycles. The number of methoxy groups -OCH3 is 1. The molecule has 13 heteroatoms. The van der Waals surface area contributed by atoms with Crippen molar-refractivity contribution < 1.29 is 33.4 Å². The molecule has 4 amide bonds. The summed E-state index contributed by atoms with van der Waals surface area (Å²) in [5.41, 5.74) is 6.18. The van der Waals surface area contributed by atoms with E-state index in [0.717, 1.165) is 53.1 Å². The second-order valence-corrected chi connectivity index (χ2v) is 21.1. The highest BCUT2D eigenvalue weighted by molar-refractivity contribution is 5.99. The van der Waals surface area contributed by atoms with Gasteiger partial charge in [0.25, 0.3) is 0 Å². The van der Waals surface area contributed by atoms with Crippen molar-refractivity contribution in [3.63, 3.8) is 0 Å². The second-order valence-electron chi connectivity index (χ2n) is 21.1. The summed E-state index contributed by atoms with van der Waals surface area (Å²) in [6.45, 7) is 19.0. The Morgan fingerprint density at radius 1 is 0.597 bits per heavy atom. The molecule has 3 aliphatic heterocycles. The fourth-order valence-corrected chi connectivity index (χ4v) is 9.31. The van der Waals surface area contributed by atoms with Crippen LogP contribution in [0.4, 0.5) is 32.3 Å². The number of hydrogen-bond acceptors (Lipinski definition) is 9. The summed E-state index contributed by atoms with van der Waals surface area (Å²) in [7, 11) is 1.64. The monoisotopic (exact) mass is 915 g/mol. The molecule has 358 valence electrons. The van der Waals surface area contributed by atoms with Crippen molar-refractivity contribution in [2.24, 2.45) is 0 Å². The molecule has 3 saturated heterocycles. The third-order valence-electron chi connectivity index (χ3n) is 12.7. The van der Waals surface area contributed by atoms with Gasteiger partial charge in [0.2, 0.25) is 11.8 Å². The lowest BCUT2D eigenvalue weighted by molar-refractivity contribution is -0.121. The first-order valence-corrected chi connectivity index (χ1v) is 23.8. The highest BCUT2D eigenvalue weighted by atomic mass is 16.6. The number of carbonyl (C=O) groups is 4. The van der Waals surface area contributed by atoms with Gasteiger partial charge in [-0.2, -0.15) is 0 Å². The lowest BCUT2D eigenvalue weighted by atomic mass is 9.87. The van der Waals surface area contributed by atoms with Crippen LogP contribution in [0.25, 0.3) is 0 Å². The number of anilines is 4. The molecule has 3 aliphatic rings. The van der Waals surface area contributed by atoms with Crippen LogP contribution in [0.1, 0.15) is 135 Å². The zero-order valence-electron chi connectivity index (χ0n) is 41.0. The summed E-state index contributed by atoms with van der Waals surface area (Å²) >= 11 is 0. The van der Waals surface area contributed by atoms with E-state index in [1.165, 1.54) is 10.5 Å². The van der Waals surface area contributed by atoms with Crippen LogP contribution in [0.15, 0.2) is 91.0 Å². The topological polar surface area (TPSA) is 142 Å². The Morgan fingerprint density at radius 2 is 1.12 bits per heavy atom. The van der Waals surface area contributed by atoms with Gasteiger partial charge in [0.15, 0.2) is 0 Å². The molecular weight excluding hydrogens is 845 g/mol. The van der Waals surface area contributed by atoms with E-state index in [9.17, 15) is 19.2 Å². The van der Waals surface area contributed by atoms with E-state index in [0.29, 0.717) is 50.3 Å². The maximum atomic E-state index is 14.3. The van der Waals surface area contributed by atoms with Gasteiger partial charge in [-0.15, -0.1) is 0 Å². The minimum atomic E-state index is -0.689. The number of carbonyl (C=O) groups excluding carboxylic acids is 4. The van der Waals surface area contributed by atoms with Crippen LogP contribution in [0, 0.1) is 0 Å². The third-order valence-corrected chi connectivity index (χ3v) is 12.7. The minimum absolute atomic E-state index is 0.000444. The van der Waals surface area contributed by atoms with Crippen LogP contribution in [0.2, 0.25) is 0 Å². The molecule has 3 unspecified atom stereocenters. The Morgan fingerprint density at radius 3 is 1.64 bits per heavy atom. The zero-order valence-corrected chi connectivity index (χ0v) is 41.0. The van der Waals surface area contributed by atoms with Gasteiger partial charge in [-0.05, 0) is 156 Å². The Hall–Kier alpha value is -6.24. The van der Waals surface area contributed by atoms with E-state index in [1.807, 2.05) is 84.0 Å². The Kier molecular flexibility index (Phi) is 14.5. The lowest BCUT2D eigenvalue weighted by Gasteiger charge is -2.34. The fraction of sp³-hybridized carbons (Fsp3) is 0.481. The van der Waals surface area contributed by atoms with Crippen molar-refractivity contribution in [2.45, 2.75) is 148 Å². The number of amides is 4. The molecule has 4 aromatic rings. The first-order chi connectivity index (χ1) is 31.7. The predicted molar refractivity (Wildman–Crippen MR) is 265 cm³/mol. The smallest absolute Gasteiger partial charge is 0.410 e. The number of nitrogens with one attached hydrogen (secondary N) is 3. The molecule has 7 rings (SSSR count). The fourth-order valence-electron chi connectivity index (χ4n) is 9.31. The molecule has 3 fully saturated rings. The van der Waals surface area contributed by atoms with Crippen molar-refractivity contribution in [1.29, 1.82) is 0 Å². The Balaban J connectivity index is 1.17. The summed E-state index contributed by atoms with van der Waals surface area (Å²) in [4.78, 5) is 59.6. The maximum absolute atomic E-state index is 14.3. The molecule has 4 aromatic carbocycles. The first-order valence-electron chi connectivity index (χ1n) is 23.8. The highest BCUT2D eigenvalue weighted by Crippen LogP contribution is 2.48. The quantitative estimate of drug-likeness (QED) is 0.134. The summed E-state index contributed by atoms with van der Waals surface area (Å²) in [5.74, 6) is 0.285. The van der Waals surface area contributed by atoms with E-state index >= 15 is 0 Å². The first kappa shape index (κ1) is 48.7. The average molecular weight is 915 g/mol. The molecule has 4 atom stereocenters. The zero-order chi connectivity index (χ0) is 48.3. The number of nitrogens with zero attached hydrogens (tertiary/aromatic N) is 3. The molecule has 0 spiro atoms. The molecule has 13 nitrogen and oxygen atoms in total. The minimum Gasteiger partial charge on any atom is -0.497 e. The molecular formula is C54H70N6O7. The standard InChI is InChI=1S/C54H70N6O7/c1-52(2,3)38-20-24-40(25-21-38)60-44(36-17-22-39(23-18-36)56-48(61)46-13-11-31-58(46)50(63)66-53(4,5)6)29-30-45(60)37-19-28-42(55-34-35-15-26-41(65-10)27-16-35)43(33-37)57-49(62)47-14-12-32-59(47)51(64)67-54(7,8)9/h15-28,33,44-47,55H,11-14,29-32,34H2,1-10H3,(H,56,61)(H,57,62)/t44?,45?,46-,47?/m0/s1. The molecule has 0 aromatic heterocycles. The summed E-state index contributed by atoms with van der Waals surface area (Å²) in [5, 5.41) is 9.88. The predicted octanol–water partition coefficient (Wildman–Crippen LogP) is 11.4. The maximum Gasteiger partial charge on any atom is 0.410 e. The van der Waals surface area contributed by atoms with Crippen molar-refractivity contribution in [3.05, 3.63) is 113 Å². The van der Waals surface area contributed by atoms with Crippen molar-refractivity contribution in [1.82, 2.24) is 9.80 Å². The van der Waals surface area contributed by atoms with Crippen LogP contribution >= 0.6 is 0 Å². The van der Waals surface area contributed by atoms with Crippen LogP contribution in [0.5, 0.6) is 5.75 Å². The van der Waals surface area contributed by atoms with Gasteiger partial charge in [-0.25, -0.2) is 9.59 Å². The number of ether oxygens (including phenoxy) is 3. The van der Waals surface area contributed by atoms with E-state index in [4.69, 9.17) is 14.2 Å². The van der Waals surface area contributed by atoms with Crippen LogP contribution in [-0.2, 0) is 31.0 Å². The SMILES string of the molecule is COc1ccc(CNc2ccc(C3CCC(c4ccc(NC(=O)[C@@H]5CCCN5C(=O)OC(C)(C)C)cc4)N3c3ccc(C(C)(C)C)cc3)cc2NC(=O)C2CCCN2C(=O)OC(C)(C)C)cc1. The van der Waals surface area contributed by atoms with Gasteiger partial charge in [-0.1, -0.05) is 63.2 Å². The number of hydrogen-bond donors (Lipinski definition) is 3. The molecule has 3 N–H and O–H groups in total. The third kappa shape index (κ3) is 12.0. The van der Waals surface area contributed by atoms with Crippen molar-refractivity contribution in [3.8, 4) is 5.75 Å². The largest absolute Gasteiger partial charge is 0.497 e. The number of rotatable bonds is 11. The van der Waals surface area contributed by atoms with E-state index in [2.05, 4.69) is 90.2 Å². The van der Waals surface area contributed by atoms with Crippen LogP contribution in [-0.4, -0.2) is 77.3 Å². The van der Waals surface area contributed by atoms with Gasteiger partial charge >= 0.3 is 12.2 Å². The van der Waals surface area contributed by atoms with Crippen molar-refractivity contribution in [2.75, 3.05) is 41.0 Å². The van der Waals surface area contributed by atoms with Crippen molar-refractivity contribution >= 4 is 46.8 Å². The second kappa shape index (κ2) is 19.9. The Bertz CT molecular complexity index is 2380. The summed E-state index contributed by atoms with van der Waals surface area (Å²) in [6.07, 6.45) is 3.28. The van der Waals surface area contributed by atoms with E-state index in [-0.39, 0.29) is 29.3 Å². The highest BCUT2D eigenvalue weighted by Gasteiger charge is 2.40. The Labute approximate surface area is 396 Å². The van der Waals surface area contributed by atoms with Gasteiger partial charge in [0.05, 0.1) is 30.6 Å².